The van der Waals surface area contributed by atoms with Gasteiger partial charge >= 0.3 is 0 Å². The van der Waals surface area contributed by atoms with Crippen molar-refractivity contribution in [1.82, 2.24) is 0 Å². The number of benzene rings is 1. The quantitative estimate of drug-likeness (QED) is 0.660. The normalized spacial score (nSPS) is 18.9. The van der Waals surface area contributed by atoms with Crippen molar-refractivity contribution < 1.29 is 10.0 Å². The second kappa shape index (κ2) is 5.67. The fourth-order valence-electron chi connectivity index (χ4n) is 2.41. The van der Waals surface area contributed by atoms with Crippen LogP contribution in [0, 0.1) is 27.4 Å². The molecular formula is C13H15N3O3. The summed E-state index contributed by atoms with van der Waals surface area (Å²) in [6.45, 7) is 1.65. The fraction of sp³-hybridized carbons (Fsp3) is 0.462. The monoisotopic (exact) mass is 261 g/mol. The van der Waals surface area contributed by atoms with Gasteiger partial charge in [0.1, 0.15) is 11.6 Å². The summed E-state index contributed by atoms with van der Waals surface area (Å²) in [6.07, 6.45) is 1.93. The maximum atomic E-state index is 10.9. The lowest BCUT2D eigenvalue weighted by molar-refractivity contribution is -0.385. The molecule has 0 spiro atoms. The van der Waals surface area contributed by atoms with Gasteiger partial charge < -0.3 is 10.0 Å². The Hall–Kier alpha value is -2.13. The van der Waals surface area contributed by atoms with Crippen LogP contribution in [0.3, 0.4) is 0 Å². The number of piperidine rings is 1. The average Bonchev–Trinajstić information content (AvgIpc) is 2.46. The molecule has 2 rings (SSSR count). The van der Waals surface area contributed by atoms with Crippen molar-refractivity contribution in [3.8, 4) is 6.07 Å². The van der Waals surface area contributed by atoms with E-state index in [0.717, 1.165) is 25.1 Å². The van der Waals surface area contributed by atoms with Crippen molar-refractivity contribution in [2.24, 2.45) is 5.92 Å². The van der Waals surface area contributed by atoms with Gasteiger partial charge in [-0.2, -0.15) is 5.26 Å². The molecule has 0 saturated carbocycles. The summed E-state index contributed by atoms with van der Waals surface area (Å²) < 4.78 is 0. The minimum Gasteiger partial charge on any atom is -0.396 e. The third kappa shape index (κ3) is 2.83. The minimum absolute atomic E-state index is 0.0736. The van der Waals surface area contributed by atoms with Crippen LogP contribution in [-0.2, 0) is 0 Å². The van der Waals surface area contributed by atoms with Gasteiger partial charge in [0.15, 0.2) is 0 Å². The van der Waals surface area contributed by atoms with Crippen molar-refractivity contribution in [1.29, 1.82) is 5.26 Å². The maximum Gasteiger partial charge on any atom is 0.289 e. The zero-order valence-corrected chi connectivity index (χ0v) is 10.5. The molecule has 1 unspecified atom stereocenters. The Kier molecular flexibility index (Phi) is 3.97. The molecule has 1 heterocycles. The van der Waals surface area contributed by atoms with E-state index in [9.17, 15) is 15.2 Å². The third-order valence-electron chi connectivity index (χ3n) is 3.44. The molecule has 1 aromatic rings. The summed E-state index contributed by atoms with van der Waals surface area (Å²) in [7, 11) is 0. The zero-order valence-electron chi connectivity index (χ0n) is 10.5. The predicted molar refractivity (Wildman–Crippen MR) is 69.8 cm³/mol. The average molecular weight is 261 g/mol. The number of nitrogens with zero attached hydrogens (tertiary/aromatic N) is 3. The van der Waals surface area contributed by atoms with Gasteiger partial charge in [-0.05, 0) is 30.9 Å². The molecule has 0 radical (unpaired) electrons. The smallest absolute Gasteiger partial charge is 0.289 e. The van der Waals surface area contributed by atoms with Gasteiger partial charge in [0, 0.05) is 31.5 Å². The second-order valence-corrected chi connectivity index (χ2v) is 4.71. The number of nitro groups is 1. The summed E-state index contributed by atoms with van der Waals surface area (Å²) in [6, 6.07) is 6.48. The van der Waals surface area contributed by atoms with Crippen LogP contribution in [0.2, 0.25) is 0 Å². The van der Waals surface area contributed by atoms with Gasteiger partial charge in [-0.15, -0.1) is 0 Å². The number of aliphatic hydroxyl groups is 1. The molecule has 1 N–H and O–H groups in total. The zero-order chi connectivity index (χ0) is 13.8. The van der Waals surface area contributed by atoms with Crippen molar-refractivity contribution in [3.05, 3.63) is 33.9 Å². The van der Waals surface area contributed by atoms with Crippen LogP contribution in [0.1, 0.15) is 18.4 Å². The highest BCUT2D eigenvalue weighted by Crippen LogP contribution is 2.28. The SMILES string of the molecule is N#Cc1ccc(N2CCCC(CO)C2)cc1[N+](=O)[O-]. The van der Waals surface area contributed by atoms with Crippen LogP contribution in [0.4, 0.5) is 11.4 Å². The van der Waals surface area contributed by atoms with E-state index in [4.69, 9.17) is 5.26 Å². The molecule has 0 bridgehead atoms. The number of rotatable bonds is 3. The van der Waals surface area contributed by atoms with Gasteiger partial charge in [0.25, 0.3) is 5.69 Å². The Morgan fingerprint density at radius 1 is 1.58 bits per heavy atom. The molecule has 6 nitrogen and oxygen atoms in total. The minimum atomic E-state index is -0.532. The molecule has 0 aromatic heterocycles. The van der Waals surface area contributed by atoms with Crippen molar-refractivity contribution in [2.45, 2.75) is 12.8 Å². The summed E-state index contributed by atoms with van der Waals surface area (Å²) in [4.78, 5) is 12.4. The largest absolute Gasteiger partial charge is 0.396 e. The molecule has 1 saturated heterocycles. The Bertz CT molecular complexity index is 524. The van der Waals surface area contributed by atoms with E-state index >= 15 is 0 Å². The second-order valence-electron chi connectivity index (χ2n) is 4.71. The fourth-order valence-corrected chi connectivity index (χ4v) is 2.41. The number of nitriles is 1. The molecule has 1 aliphatic rings. The summed E-state index contributed by atoms with van der Waals surface area (Å²) in [5, 5.41) is 29.0. The number of anilines is 1. The molecule has 1 aliphatic heterocycles. The van der Waals surface area contributed by atoms with E-state index in [-0.39, 0.29) is 23.8 Å². The Balaban J connectivity index is 2.28. The Morgan fingerprint density at radius 2 is 2.37 bits per heavy atom. The van der Waals surface area contributed by atoms with Crippen molar-refractivity contribution in [2.75, 3.05) is 24.6 Å². The summed E-state index contributed by atoms with van der Waals surface area (Å²) in [5.74, 6) is 0.212. The van der Waals surface area contributed by atoms with Gasteiger partial charge in [0.05, 0.1) is 4.92 Å². The van der Waals surface area contributed by atoms with Gasteiger partial charge in [-0.1, -0.05) is 0 Å². The van der Waals surface area contributed by atoms with Crippen LogP contribution in [0.5, 0.6) is 0 Å². The number of aliphatic hydroxyl groups excluding tert-OH is 1. The molecule has 0 aliphatic carbocycles. The highest BCUT2D eigenvalue weighted by molar-refractivity contribution is 5.60. The molecule has 6 heteroatoms. The highest BCUT2D eigenvalue weighted by Gasteiger charge is 2.22. The molecule has 1 aromatic carbocycles. The molecule has 0 amide bonds. The van der Waals surface area contributed by atoms with Crippen LogP contribution in [0.15, 0.2) is 18.2 Å². The lowest BCUT2D eigenvalue weighted by Gasteiger charge is -2.33. The first-order valence-electron chi connectivity index (χ1n) is 6.20. The van der Waals surface area contributed by atoms with E-state index in [0.29, 0.717) is 6.54 Å². The van der Waals surface area contributed by atoms with E-state index in [2.05, 4.69) is 0 Å². The highest BCUT2D eigenvalue weighted by atomic mass is 16.6. The topological polar surface area (TPSA) is 90.4 Å². The summed E-state index contributed by atoms with van der Waals surface area (Å²) >= 11 is 0. The van der Waals surface area contributed by atoms with Gasteiger partial charge in [0.2, 0.25) is 0 Å². The first-order valence-corrected chi connectivity index (χ1v) is 6.20. The van der Waals surface area contributed by atoms with Gasteiger partial charge in [-0.25, -0.2) is 0 Å². The van der Waals surface area contributed by atoms with Crippen LogP contribution < -0.4 is 4.90 Å². The Morgan fingerprint density at radius 3 is 3.00 bits per heavy atom. The number of nitro benzene ring substituents is 1. The molecule has 100 valence electrons. The number of hydrogen-bond donors (Lipinski definition) is 1. The van der Waals surface area contributed by atoms with Gasteiger partial charge in [-0.3, -0.25) is 10.1 Å². The molecule has 1 fully saturated rings. The summed E-state index contributed by atoms with van der Waals surface area (Å²) in [5.41, 5.74) is 0.652. The van der Waals surface area contributed by atoms with E-state index < -0.39 is 4.92 Å². The van der Waals surface area contributed by atoms with Crippen LogP contribution >= 0.6 is 0 Å². The third-order valence-corrected chi connectivity index (χ3v) is 3.44. The van der Waals surface area contributed by atoms with Crippen molar-refractivity contribution >= 4 is 11.4 Å². The predicted octanol–water partition coefficient (Wildman–Crippen LogP) is 1.68. The Labute approximate surface area is 111 Å². The van der Waals surface area contributed by atoms with E-state index in [1.54, 1.807) is 6.07 Å². The van der Waals surface area contributed by atoms with Crippen molar-refractivity contribution in [3.63, 3.8) is 0 Å². The standard InChI is InChI=1S/C13H15N3O3/c14-7-11-3-4-12(6-13(11)16(18)19)15-5-1-2-10(8-15)9-17/h3-4,6,10,17H,1-2,5,8-9H2. The number of hydrogen-bond acceptors (Lipinski definition) is 5. The first-order chi connectivity index (χ1) is 9.15. The first kappa shape index (κ1) is 13.3. The maximum absolute atomic E-state index is 10.9. The lowest BCUT2D eigenvalue weighted by atomic mass is 9.98. The molecule has 1 atom stereocenters. The lowest BCUT2D eigenvalue weighted by Crippen LogP contribution is -2.36. The molecule has 19 heavy (non-hydrogen) atoms. The van der Waals surface area contributed by atoms with Crippen LogP contribution in [-0.4, -0.2) is 29.7 Å². The van der Waals surface area contributed by atoms with E-state index in [1.807, 2.05) is 11.0 Å². The van der Waals surface area contributed by atoms with Crippen LogP contribution in [0.25, 0.3) is 0 Å². The molecular weight excluding hydrogens is 246 g/mol. The van der Waals surface area contributed by atoms with E-state index in [1.165, 1.54) is 12.1 Å².